The molecule has 0 aliphatic carbocycles. The van der Waals surface area contributed by atoms with E-state index in [0.717, 1.165) is 10.6 Å². The summed E-state index contributed by atoms with van der Waals surface area (Å²) < 4.78 is 30.9. The van der Waals surface area contributed by atoms with Crippen molar-refractivity contribution in [2.45, 2.75) is 6.92 Å². The fraction of sp³-hybridized carbons (Fsp3) is 0.211. The maximum atomic E-state index is 12.5. The molecule has 0 aliphatic heterocycles. The van der Waals surface area contributed by atoms with Gasteiger partial charge in [-0.1, -0.05) is 36.4 Å². The highest BCUT2D eigenvalue weighted by Crippen LogP contribution is 2.26. The van der Waals surface area contributed by atoms with Gasteiger partial charge in [0.15, 0.2) is 0 Å². The van der Waals surface area contributed by atoms with Crippen molar-refractivity contribution in [3.05, 3.63) is 65.7 Å². The molecule has 8 heteroatoms. The number of sulfonamides is 1. The average Bonchev–Trinajstić information content (AvgIpc) is 2.59. The van der Waals surface area contributed by atoms with Crippen LogP contribution in [-0.2, 0) is 14.8 Å². The number of nitrogens with zero attached hydrogens (tertiary/aromatic N) is 1. The molecule has 2 rings (SSSR count). The number of nitrogens with one attached hydrogen (secondary N) is 1. The van der Waals surface area contributed by atoms with E-state index in [1.54, 1.807) is 49.4 Å². The van der Waals surface area contributed by atoms with Gasteiger partial charge in [-0.3, -0.25) is 9.10 Å². The lowest BCUT2D eigenvalue weighted by molar-refractivity contribution is -0.114. The zero-order chi connectivity index (χ0) is 20.0. The van der Waals surface area contributed by atoms with Gasteiger partial charge in [0.2, 0.25) is 15.9 Å². The third-order valence-corrected chi connectivity index (χ3v) is 4.97. The van der Waals surface area contributed by atoms with Crippen LogP contribution in [0.15, 0.2) is 55.1 Å². The van der Waals surface area contributed by atoms with Crippen LogP contribution in [0.4, 0.5) is 11.4 Å². The number of halogens is 1. The molecular formula is C19H21ClN2O4S. The minimum atomic E-state index is -3.69. The Hall–Kier alpha value is -2.51. The highest BCUT2D eigenvalue weighted by Gasteiger charge is 2.22. The molecule has 0 aliphatic rings. The van der Waals surface area contributed by atoms with Crippen molar-refractivity contribution < 1.29 is 17.9 Å². The zero-order valence-corrected chi connectivity index (χ0v) is 16.7. The first-order valence-corrected chi connectivity index (χ1v) is 10.3. The lowest BCUT2D eigenvalue weighted by Crippen LogP contribution is -2.37. The van der Waals surface area contributed by atoms with Crippen molar-refractivity contribution in [2.75, 3.05) is 29.0 Å². The van der Waals surface area contributed by atoms with Crippen LogP contribution in [0.2, 0.25) is 5.02 Å². The molecule has 1 N–H and O–H groups in total. The third kappa shape index (κ3) is 6.01. The standard InChI is InChI=1S/C19H21ClN2O4S/c1-4-10-26-17-7-5-6-16(12-17)21-19(23)13-22(27(3,24)25)18-11-15(20)9-8-14(18)2/h4-9,11-12H,1,10,13H2,2-3H3,(H,21,23). The van der Waals surface area contributed by atoms with Crippen LogP contribution in [0, 0.1) is 6.92 Å². The van der Waals surface area contributed by atoms with Gasteiger partial charge in [-0.25, -0.2) is 8.42 Å². The number of anilines is 2. The van der Waals surface area contributed by atoms with E-state index in [0.29, 0.717) is 34.3 Å². The van der Waals surface area contributed by atoms with E-state index in [2.05, 4.69) is 11.9 Å². The lowest BCUT2D eigenvalue weighted by Gasteiger charge is -2.24. The molecule has 1 amide bonds. The third-order valence-electron chi connectivity index (χ3n) is 3.61. The fourth-order valence-corrected chi connectivity index (χ4v) is 3.45. The van der Waals surface area contributed by atoms with Crippen LogP contribution in [0.1, 0.15) is 5.56 Å². The predicted octanol–water partition coefficient (Wildman–Crippen LogP) is 3.62. The molecule has 144 valence electrons. The van der Waals surface area contributed by atoms with E-state index in [1.807, 2.05) is 0 Å². The van der Waals surface area contributed by atoms with Gasteiger partial charge in [-0.2, -0.15) is 0 Å². The summed E-state index contributed by atoms with van der Waals surface area (Å²) in [6.45, 7) is 5.29. The van der Waals surface area contributed by atoms with Crippen LogP contribution in [-0.4, -0.2) is 33.7 Å². The molecule has 0 atom stereocenters. The molecule has 6 nitrogen and oxygen atoms in total. The van der Waals surface area contributed by atoms with E-state index in [9.17, 15) is 13.2 Å². The molecular weight excluding hydrogens is 388 g/mol. The SMILES string of the molecule is C=CCOc1cccc(NC(=O)CN(c2cc(Cl)ccc2C)S(C)(=O)=O)c1. The molecule has 0 radical (unpaired) electrons. The summed E-state index contributed by atoms with van der Waals surface area (Å²) in [5.41, 5.74) is 1.55. The Labute approximate surface area is 164 Å². The summed E-state index contributed by atoms with van der Waals surface area (Å²) in [5, 5.41) is 3.07. The fourth-order valence-electron chi connectivity index (χ4n) is 2.38. The molecule has 0 heterocycles. The second kappa shape index (κ2) is 8.92. The lowest BCUT2D eigenvalue weighted by atomic mass is 10.2. The van der Waals surface area contributed by atoms with Crippen LogP contribution in [0.5, 0.6) is 5.75 Å². The summed E-state index contributed by atoms with van der Waals surface area (Å²) in [5.74, 6) is 0.0824. The van der Waals surface area contributed by atoms with Crippen molar-refractivity contribution in [3.8, 4) is 5.75 Å². The quantitative estimate of drug-likeness (QED) is 0.677. The molecule has 0 fully saturated rings. The predicted molar refractivity (Wildman–Crippen MR) is 109 cm³/mol. The second-order valence-corrected chi connectivity index (χ2v) is 8.22. The number of ether oxygens (including phenoxy) is 1. The van der Waals surface area contributed by atoms with Gasteiger partial charge >= 0.3 is 0 Å². The maximum absolute atomic E-state index is 12.5. The van der Waals surface area contributed by atoms with Crippen molar-refractivity contribution in [2.24, 2.45) is 0 Å². The van der Waals surface area contributed by atoms with Crippen molar-refractivity contribution in [1.82, 2.24) is 0 Å². The number of rotatable bonds is 8. The van der Waals surface area contributed by atoms with E-state index in [4.69, 9.17) is 16.3 Å². The number of hydrogen-bond donors (Lipinski definition) is 1. The summed E-state index contributed by atoms with van der Waals surface area (Å²) in [6.07, 6.45) is 2.66. The number of carbonyl (C=O) groups excluding carboxylic acids is 1. The van der Waals surface area contributed by atoms with Crippen molar-refractivity contribution in [3.63, 3.8) is 0 Å². The Kier molecular flexibility index (Phi) is 6.87. The highest BCUT2D eigenvalue weighted by atomic mass is 35.5. The number of hydrogen-bond acceptors (Lipinski definition) is 4. The maximum Gasteiger partial charge on any atom is 0.245 e. The van der Waals surface area contributed by atoms with E-state index >= 15 is 0 Å². The number of amides is 1. The average molecular weight is 409 g/mol. The van der Waals surface area contributed by atoms with Gasteiger partial charge in [0.1, 0.15) is 18.9 Å². The molecule has 0 saturated carbocycles. The molecule has 0 unspecified atom stereocenters. The van der Waals surface area contributed by atoms with Crippen molar-refractivity contribution in [1.29, 1.82) is 0 Å². The minimum absolute atomic E-state index is 0.341. The Bertz CT molecular complexity index is 944. The number of carbonyl (C=O) groups is 1. The van der Waals surface area contributed by atoms with E-state index in [1.165, 1.54) is 6.07 Å². The first kappa shape index (κ1) is 20.8. The van der Waals surface area contributed by atoms with Gasteiger partial charge < -0.3 is 10.1 Å². The van der Waals surface area contributed by atoms with Gasteiger partial charge in [0.25, 0.3) is 0 Å². The normalized spacial score (nSPS) is 10.9. The first-order valence-electron chi connectivity index (χ1n) is 8.08. The molecule has 0 spiro atoms. The monoisotopic (exact) mass is 408 g/mol. The Morgan fingerprint density at radius 1 is 1.30 bits per heavy atom. The second-order valence-electron chi connectivity index (χ2n) is 5.88. The summed E-state index contributed by atoms with van der Waals surface area (Å²) in [6, 6.07) is 11.7. The topological polar surface area (TPSA) is 75.7 Å². The smallest absolute Gasteiger partial charge is 0.245 e. The van der Waals surface area contributed by atoms with Gasteiger partial charge in [0.05, 0.1) is 11.9 Å². The van der Waals surface area contributed by atoms with Gasteiger partial charge in [0, 0.05) is 16.8 Å². The largest absolute Gasteiger partial charge is 0.489 e. The molecule has 27 heavy (non-hydrogen) atoms. The summed E-state index contributed by atoms with van der Waals surface area (Å²) in [7, 11) is -3.69. The van der Waals surface area contributed by atoms with Crippen LogP contribution in [0.25, 0.3) is 0 Å². The summed E-state index contributed by atoms with van der Waals surface area (Å²) >= 11 is 5.99. The Morgan fingerprint density at radius 3 is 2.70 bits per heavy atom. The van der Waals surface area contributed by atoms with E-state index in [-0.39, 0.29) is 6.54 Å². The van der Waals surface area contributed by atoms with Crippen LogP contribution in [0.3, 0.4) is 0 Å². The summed E-state index contributed by atoms with van der Waals surface area (Å²) in [4.78, 5) is 12.5. The highest BCUT2D eigenvalue weighted by molar-refractivity contribution is 7.92. The van der Waals surface area contributed by atoms with Gasteiger partial charge in [-0.05, 0) is 36.8 Å². The number of benzene rings is 2. The molecule has 0 aromatic heterocycles. The number of aryl methyl sites for hydroxylation is 1. The Morgan fingerprint density at radius 2 is 2.04 bits per heavy atom. The zero-order valence-electron chi connectivity index (χ0n) is 15.1. The minimum Gasteiger partial charge on any atom is -0.489 e. The molecule has 0 bridgehead atoms. The molecule has 0 saturated heterocycles. The first-order chi connectivity index (χ1) is 12.7. The molecule has 2 aromatic rings. The molecule has 2 aromatic carbocycles. The van der Waals surface area contributed by atoms with Crippen LogP contribution < -0.4 is 14.4 Å². The van der Waals surface area contributed by atoms with Gasteiger partial charge in [-0.15, -0.1) is 0 Å². The van der Waals surface area contributed by atoms with Crippen molar-refractivity contribution >= 4 is 38.9 Å². The van der Waals surface area contributed by atoms with E-state index < -0.39 is 15.9 Å². The van der Waals surface area contributed by atoms with Crippen LogP contribution >= 0.6 is 11.6 Å². The Balaban J connectivity index is 2.20.